The van der Waals surface area contributed by atoms with Gasteiger partial charge in [0.2, 0.25) is 10.0 Å². The van der Waals surface area contributed by atoms with E-state index in [-0.39, 0.29) is 30.2 Å². The molecule has 0 aliphatic carbocycles. The maximum atomic E-state index is 13.7. The van der Waals surface area contributed by atoms with Crippen LogP contribution in [0, 0.1) is 5.82 Å². The Labute approximate surface area is 171 Å². The number of sulfonamides is 1. The summed E-state index contributed by atoms with van der Waals surface area (Å²) in [5.74, 6) is -0.817. The first-order chi connectivity index (χ1) is 12.6. The Balaban J connectivity index is 0.00000392. The molecule has 28 heavy (non-hydrogen) atoms. The zero-order valence-corrected chi connectivity index (χ0v) is 17.5. The summed E-state index contributed by atoms with van der Waals surface area (Å²) >= 11 is 0. The summed E-state index contributed by atoms with van der Waals surface area (Å²) in [5, 5.41) is 2.68. The molecule has 1 atom stereocenters. The molecule has 0 aromatic heterocycles. The summed E-state index contributed by atoms with van der Waals surface area (Å²) in [6.07, 6.45) is 0.906. The highest BCUT2D eigenvalue weighted by Crippen LogP contribution is 2.19. The molecule has 0 bridgehead atoms. The van der Waals surface area contributed by atoms with Crippen LogP contribution in [-0.2, 0) is 10.0 Å². The minimum Gasteiger partial charge on any atom is -0.350 e. The van der Waals surface area contributed by atoms with Crippen LogP contribution < -0.4 is 15.8 Å². The van der Waals surface area contributed by atoms with Gasteiger partial charge in [-0.15, -0.1) is 12.4 Å². The van der Waals surface area contributed by atoms with E-state index in [1.54, 1.807) is 0 Å². The van der Waals surface area contributed by atoms with Crippen LogP contribution in [0.25, 0.3) is 0 Å². The third-order valence-corrected chi connectivity index (χ3v) is 4.63. The molecule has 2 aromatic rings. The summed E-state index contributed by atoms with van der Waals surface area (Å²) in [4.78, 5) is 12.3. The Hall–Kier alpha value is -2.16. The molecule has 1 amide bonds. The number of carbonyl (C=O) groups excluding carboxylic acids is 1. The first-order valence-electron chi connectivity index (χ1n) is 8.48. The number of carbonyl (C=O) groups is 1. The largest absolute Gasteiger partial charge is 0.350 e. The van der Waals surface area contributed by atoms with Gasteiger partial charge in [0.1, 0.15) is 5.82 Å². The van der Waals surface area contributed by atoms with E-state index in [1.165, 1.54) is 11.6 Å². The van der Waals surface area contributed by atoms with E-state index in [9.17, 15) is 17.6 Å². The van der Waals surface area contributed by atoms with Crippen LogP contribution in [0.5, 0.6) is 0 Å². The van der Waals surface area contributed by atoms with E-state index < -0.39 is 27.8 Å². The number of amides is 1. The number of hydrogen-bond acceptors (Lipinski definition) is 4. The summed E-state index contributed by atoms with van der Waals surface area (Å²) < 4.78 is 38.3. The number of anilines is 1. The molecule has 0 aliphatic heterocycles. The predicted molar refractivity (Wildman–Crippen MR) is 112 cm³/mol. The summed E-state index contributed by atoms with van der Waals surface area (Å²) in [7, 11) is -3.66. The van der Waals surface area contributed by atoms with Gasteiger partial charge in [0.05, 0.1) is 11.9 Å². The number of halogens is 2. The van der Waals surface area contributed by atoms with Gasteiger partial charge in [-0.1, -0.05) is 38.1 Å². The zero-order valence-electron chi connectivity index (χ0n) is 15.9. The van der Waals surface area contributed by atoms with Gasteiger partial charge in [-0.2, -0.15) is 0 Å². The van der Waals surface area contributed by atoms with Crippen molar-refractivity contribution in [3.63, 3.8) is 0 Å². The van der Waals surface area contributed by atoms with Crippen molar-refractivity contribution in [3.8, 4) is 0 Å². The Morgan fingerprint density at radius 3 is 2.21 bits per heavy atom. The molecule has 0 fully saturated rings. The second kappa shape index (κ2) is 9.86. The van der Waals surface area contributed by atoms with Crippen molar-refractivity contribution in [1.29, 1.82) is 0 Å². The Bertz CT molecular complexity index is 919. The van der Waals surface area contributed by atoms with Crippen molar-refractivity contribution in [3.05, 3.63) is 65.0 Å². The van der Waals surface area contributed by atoms with Gasteiger partial charge in [0.15, 0.2) is 0 Å². The lowest BCUT2D eigenvalue weighted by Crippen LogP contribution is -2.32. The molecule has 0 radical (unpaired) electrons. The first kappa shape index (κ1) is 23.9. The van der Waals surface area contributed by atoms with E-state index in [4.69, 9.17) is 5.73 Å². The summed E-state index contributed by atoms with van der Waals surface area (Å²) in [5.41, 5.74) is 8.06. The fourth-order valence-corrected chi connectivity index (χ4v) is 3.05. The van der Waals surface area contributed by atoms with Crippen molar-refractivity contribution in [2.24, 2.45) is 5.73 Å². The lowest BCUT2D eigenvalue weighted by Gasteiger charge is -2.15. The zero-order chi connectivity index (χ0) is 20.2. The predicted octanol–water partition coefficient (Wildman–Crippen LogP) is 3.17. The maximum absolute atomic E-state index is 13.7. The molecule has 2 rings (SSSR count). The van der Waals surface area contributed by atoms with E-state index in [0.717, 1.165) is 24.0 Å². The van der Waals surface area contributed by atoms with Crippen LogP contribution in [0.15, 0.2) is 42.5 Å². The molecule has 154 valence electrons. The van der Waals surface area contributed by atoms with Gasteiger partial charge < -0.3 is 11.1 Å². The highest BCUT2D eigenvalue weighted by atomic mass is 35.5. The maximum Gasteiger partial charge on any atom is 0.251 e. The number of hydrogen-bond donors (Lipinski definition) is 3. The van der Waals surface area contributed by atoms with E-state index >= 15 is 0 Å². The fourth-order valence-electron chi connectivity index (χ4n) is 2.50. The molecule has 0 aliphatic rings. The van der Waals surface area contributed by atoms with Gasteiger partial charge in [0, 0.05) is 18.2 Å². The van der Waals surface area contributed by atoms with Crippen LogP contribution in [-0.4, -0.2) is 27.1 Å². The number of benzene rings is 2. The lowest BCUT2D eigenvalue weighted by molar-refractivity contribution is 0.0951. The Kier molecular flexibility index (Phi) is 8.41. The molecule has 0 spiro atoms. The number of nitrogens with two attached hydrogens (primary N) is 1. The van der Waals surface area contributed by atoms with Gasteiger partial charge in [-0.3, -0.25) is 9.52 Å². The second-order valence-corrected chi connectivity index (χ2v) is 8.46. The minimum atomic E-state index is -3.66. The molecular weight excluding hydrogens is 405 g/mol. The van der Waals surface area contributed by atoms with Crippen molar-refractivity contribution in [2.45, 2.75) is 25.8 Å². The normalized spacial score (nSPS) is 12.2. The van der Waals surface area contributed by atoms with Gasteiger partial charge in [0.25, 0.3) is 5.91 Å². The van der Waals surface area contributed by atoms with Crippen LogP contribution in [0.3, 0.4) is 0 Å². The van der Waals surface area contributed by atoms with Crippen molar-refractivity contribution in [2.75, 3.05) is 17.5 Å². The SMILES string of the molecule is CC(C)c1ccc(C(N)CNC(=O)c2ccc(F)c(NS(C)(=O)=O)c2)cc1.Cl. The third-order valence-electron chi connectivity index (χ3n) is 4.04. The minimum absolute atomic E-state index is 0. The summed E-state index contributed by atoms with van der Waals surface area (Å²) in [6, 6.07) is 10.9. The van der Waals surface area contributed by atoms with Gasteiger partial charge >= 0.3 is 0 Å². The molecule has 0 heterocycles. The number of rotatable bonds is 7. The van der Waals surface area contributed by atoms with Crippen molar-refractivity contribution < 1.29 is 17.6 Å². The monoisotopic (exact) mass is 429 g/mol. The van der Waals surface area contributed by atoms with E-state index in [0.29, 0.717) is 5.92 Å². The first-order valence-corrected chi connectivity index (χ1v) is 10.4. The second-order valence-electron chi connectivity index (χ2n) is 6.71. The average Bonchev–Trinajstić information content (AvgIpc) is 2.60. The summed E-state index contributed by atoms with van der Waals surface area (Å²) in [6.45, 7) is 4.39. The lowest BCUT2D eigenvalue weighted by atomic mass is 9.99. The Morgan fingerprint density at radius 1 is 1.11 bits per heavy atom. The molecule has 0 saturated heterocycles. The van der Waals surface area contributed by atoms with Crippen LogP contribution in [0.1, 0.15) is 47.3 Å². The quantitative estimate of drug-likeness (QED) is 0.629. The molecule has 9 heteroatoms. The van der Waals surface area contributed by atoms with E-state index in [1.807, 2.05) is 29.0 Å². The standard InChI is InChI=1S/C19H24FN3O3S.ClH/c1-12(2)13-4-6-14(7-5-13)17(21)11-22-19(24)15-8-9-16(20)18(10-15)23-27(3,25)26;/h4-10,12,17,23H,11,21H2,1-3H3,(H,22,24);1H. The van der Waals surface area contributed by atoms with Crippen molar-refractivity contribution >= 4 is 34.0 Å². The third kappa shape index (κ3) is 6.78. The van der Waals surface area contributed by atoms with Crippen LogP contribution in [0.4, 0.5) is 10.1 Å². The Morgan fingerprint density at radius 2 is 1.68 bits per heavy atom. The smallest absolute Gasteiger partial charge is 0.251 e. The van der Waals surface area contributed by atoms with Gasteiger partial charge in [-0.25, -0.2) is 12.8 Å². The highest BCUT2D eigenvalue weighted by Gasteiger charge is 2.14. The molecule has 2 aromatic carbocycles. The van der Waals surface area contributed by atoms with E-state index in [2.05, 4.69) is 19.2 Å². The van der Waals surface area contributed by atoms with Gasteiger partial charge in [-0.05, 0) is 35.2 Å². The van der Waals surface area contributed by atoms with Crippen LogP contribution >= 0.6 is 12.4 Å². The van der Waals surface area contributed by atoms with Crippen LogP contribution in [0.2, 0.25) is 0 Å². The molecule has 4 N–H and O–H groups in total. The topological polar surface area (TPSA) is 101 Å². The highest BCUT2D eigenvalue weighted by molar-refractivity contribution is 7.92. The molecule has 6 nitrogen and oxygen atoms in total. The molecule has 0 saturated carbocycles. The molecular formula is C19H25ClFN3O3S. The fraction of sp³-hybridized carbons (Fsp3) is 0.316. The van der Waals surface area contributed by atoms with Crippen molar-refractivity contribution in [1.82, 2.24) is 5.32 Å². The average molecular weight is 430 g/mol. The molecule has 1 unspecified atom stereocenters. The number of nitrogens with one attached hydrogen (secondary N) is 2.